The van der Waals surface area contributed by atoms with E-state index >= 15 is 0 Å². The molecular weight excluding hydrogens is 472 g/mol. The molecule has 192 valence electrons. The fourth-order valence-electron chi connectivity index (χ4n) is 5.06. The Hall–Kier alpha value is -2.78. The van der Waals surface area contributed by atoms with E-state index in [2.05, 4.69) is 52.3 Å². The highest BCUT2D eigenvalue weighted by atomic mass is 32.1. The van der Waals surface area contributed by atoms with Gasteiger partial charge in [-0.3, -0.25) is 9.69 Å². The molecule has 1 aromatic carbocycles. The van der Waals surface area contributed by atoms with Crippen LogP contribution in [0.15, 0.2) is 24.5 Å². The molecule has 2 aromatic heterocycles. The van der Waals surface area contributed by atoms with Crippen molar-refractivity contribution in [2.24, 2.45) is 0 Å². The number of carbonyl (C=O) groups is 1. The number of carbonyl (C=O) groups excluding carboxylic acids is 1. The number of benzene rings is 1. The zero-order chi connectivity index (χ0) is 25.4. The molecule has 1 saturated heterocycles. The first kappa shape index (κ1) is 24.9. The molecular formula is C27H36N6O2S. The number of aromatic nitrogens is 4. The average molecular weight is 509 g/mol. The van der Waals surface area contributed by atoms with E-state index in [4.69, 9.17) is 9.72 Å². The minimum absolute atomic E-state index is 0.101. The molecule has 1 N–H and O–H groups in total. The number of hydrogen-bond acceptors (Lipinski definition) is 7. The molecule has 0 bridgehead atoms. The number of fused-ring (bicyclic) bond motifs is 3. The summed E-state index contributed by atoms with van der Waals surface area (Å²) in [5.74, 6) is 2.31. The molecule has 5 rings (SSSR count). The van der Waals surface area contributed by atoms with Crippen LogP contribution in [0.25, 0.3) is 22.1 Å². The van der Waals surface area contributed by atoms with Crippen LogP contribution in [0.5, 0.6) is 5.75 Å². The summed E-state index contributed by atoms with van der Waals surface area (Å²) in [7, 11) is 0. The largest absolute Gasteiger partial charge is 0.492 e. The molecule has 0 spiro atoms. The Labute approximate surface area is 217 Å². The summed E-state index contributed by atoms with van der Waals surface area (Å²) in [6.45, 7) is 13.2. The molecule has 1 amide bonds. The molecule has 2 aliphatic rings. The van der Waals surface area contributed by atoms with Gasteiger partial charge in [0, 0.05) is 28.4 Å². The van der Waals surface area contributed by atoms with Gasteiger partial charge >= 0.3 is 0 Å². The Morgan fingerprint density at radius 3 is 2.75 bits per heavy atom. The first-order valence-electron chi connectivity index (χ1n) is 12.9. The van der Waals surface area contributed by atoms with E-state index in [0.29, 0.717) is 19.1 Å². The number of likely N-dealkylation sites (tertiary alicyclic amines) is 1. The Morgan fingerprint density at radius 2 is 2.03 bits per heavy atom. The number of nitrogens with one attached hydrogen (secondary N) is 1. The van der Waals surface area contributed by atoms with Gasteiger partial charge in [0.15, 0.2) is 10.8 Å². The molecule has 9 heteroatoms. The standard InChI is InChI=1S/C27H36N6O2S/c1-17(2)33-25(28-16-29-33)26-30-24-20-7-6-19(14-21(20)35-13-10-22(24)36-26)18-8-11-32(12-9-18)15-23(34)31-27(3,4)5/h6-7,14,16-18H,8-13,15H2,1-5H3,(H,31,34). The zero-order valence-corrected chi connectivity index (χ0v) is 22.7. The third-order valence-corrected chi connectivity index (χ3v) is 7.85. The monoisotopic (exact) mass is 508 g/mol. The number of piperidine rings is 1. The van der Waals surface area contributed by atoms with Gasteiger partial charge in [-0.25, -0.2) is 14.6 Å². The highest BCUT2D eigenvalue weighted by Crippen LogP contribution is 2.42. The van der Waals surface area contributed by atoms with Crippen LogP contribution in [0.3, 0.4) is 0 Å². The second kappa shape index (κ2) is 9.94. The average Bonchev–Trinajstić information content (AvgIpc) is 3.42. The second-order valence-electron chi connectivity index (χ2n) is 11.1. The van der Waals surface area contributed by atoms with E-state index in [1.54, 1.807) is 17.7 Å². The number of thiazole rings is 1. The van der Waals surface area contributed by atoms with Gasteiger partial charge in [-0.05, 0) is 84.2 Å². The molecule has 8 nitrogen and oxygen atoms in total. The Bertz CT molecular complexity index is 1230. The smallest absolute Gasteiger partial charge is 0.234 e. The maximum Gasteiger partial charge on any atom is 0.234 e. The first-order valence-corrected chi connectivity index (χ1v) is 13.7. The van der Waals surface area contributed by atoms with Crippen LogP contribution in [0, 0.1) is 0 Å². The van der Waals surface area contributed by atoms with Gasteiger partial charge < -0.3 is 10.1 Å². The molecule has 0 aliphatic carbocycles. The van der Waals surface area contributed by atoms with Crippen LogP contribution < -0.4 is 10.1 Å². The lowest BCUT2D eigenvalue weighted by Gasteiger charge is -2.32. The minimum atomic E-state index is -0.193. The molecule has 0 atom stereocenters. The van der Waals surface area contributed by atoms with Crippen molar-refractivity contribution in [1.29, 1.82) is 0 Å². The number of ether oxygens (including phenoxy) is 1. The molecule has 2 aliphatic heterocycles. The number of amides is 1. The van der Waals surface area contributed by atoms with Crippen LogP contribution in [0.1, 0.15) is 69.9 Å². The van der Waals surface area contributed by atoms with Gasteiger partial charge in [0.05, 0.1) is 18.8 Å². The normalized spacial score (nSPS) is 16.8. The van der Waals surface area contributed by atoms with Crippen molar-refractivity contribution < 1.29 is 9.53 Å². The summed E-state index contributed by atoms with van der Waals surface area (Å²) in [5.41, 5.74) is 3.18. The fourth-order valence-corrected chi connectivity index (χ4v) is 6.10. The zero-order valence-electron chi connectivity index (χ0n) is 21.9. The van der Waals surface area contributed by atoms with Gasteiger partial charge in [-0.15, -0.1) is 11.3 Å². The highest BCUT2D eigenvalue weighted by Gasteiger charge is 2.27. The third kappa shape index (κ3) is 5.32. The minimum Gasteiger partial charge on any atom is -0.492 e. The summed E-state index contributed by atoms with van der Waals surface area (Å²) in [6.07, 6.45) is 4.52. The van der Waals surface area contributed by atoms with Crippen LogP contribution in [0.2, 0.25) is 0 Å². The first-order chi connectivity index (χ1) is 17.2. The van der Waals surface area contributed by atoms with Crippen molar-refractivity contribution in [3.05, 3.63) is 35.0 Å². The van der Waals surface area contributed by atoms with Crippen molar-refractivity contribution >= 4 is 17.2 Å². The molecule has 3 aromatic rings. The van der Waals surface area contributed by atoms with Crippen molar-refractivity contribution in [3.8, 4) is 27.8 Å². The summed E-state index contributed by atoms with van der Waals surface area (Å²) in [4.78, 5) is 25.3. The lowest BCUT2D eigenvalue weighted by atomic mass is 9.88. The van der Waals surface area contributed by atoms with Crippen LogP contribution in [-0.4, -0.2) is 62.3 Å². The van der Waals surface area contributed by atoms with E-state index < -0.39 is 0 Å². The van der Waals surface area contributed by atoms with Crippen LogP contribution in [0.4, 0.5) is 0 Å². The third-order valence-electron chi connectivity index (χ3n) is 6.74. The quantitative estimate of drug-likeness (QED) is 0.539. The van der Waals surface area contributed by atoms with Crippen molar-refractivity contribution in [2.45, 2.75) is 71.4 Å². The fraction of sp³-hybridized carbons (Fsp3) is 0.556. The molecule has 0 radical (unpaired) electrons. The molecule has 4 heterocycles. The Balaban J connectivity index is 1.31. The van der Waals surface area contributed by atoms with Gasteiger partial charge in [-0.1, -0.05) is 6.07 Å². The lowest BCUT2D eigenvalue weighted by Crippen LogP contribution is -2.47. The van der Waals surface area contributed by atoms with Crippen LogP contribution in [-0.2, 0) is 11.2 Å². The second-order valence-corrected chi connectivity index (χ2v) is 12.2. The predicted molar refractivity (Wildman–Crippen MR) is 142 cm³/mol. The number of rotatable bonds is 5. The molecule has 36 heavy (non-hydrogen) atoms. The topological polar surface area (TPSA) is 85.2 Å². The van der Waals surface area contributed by atoms with E-state index in [0.717, 1.165) is 60.2 Å². The highest BCUT2D eigenvalue weighted by molar-refractivity contribution is 7.15. The number of nitrogens with zero attached hydrogens (tertiary/aromatic N) is 5. The van der Waals surface area contributed by atoms with Crippen LogP contribution >= 0.6 is 11.3 Å². The lowest BCUT2D eigenvalue weighted by molar-refractivity contribution is -0.123. The van der Waals surface area contributed by atoms with Gasteiger partial charge in [-0.2, -0.15) is 5.10 Å². The summed E-state index contributed by atoms with van der Waals surface area (Å²) in [5, 5.41) is 8.36. The van der Waals surface area contributed by atoms with E-state index in [-0.39, 0.29) is 17.5 Å². The maximum absolute atomic E-state index is 12.3. The molecule has 0 unspecified atom stereocenters. The molecule has 1 fully saturated rings. The Kier molecular flexibility index (Phi) is 6.87. The maximum atomic E-state index is 12.3. The SMILES string of the molecule is CC(C)n1ncnc1-c1nc2c(s1)CCOc1cc(C3CCN(CC(=O)NC(C)(C)C)CC3)ccc1-2. The number of hydrogen-bond donors (Lipinski definition) is 1. The predicted octanol–water partition coefficient (Wildman–Crippen LogP) is 4.68. The Morgan fingerprint density at radius 1 is 1.25 bits per heavy atom. The van der Waals surface area contributed by atoms with E-state index in [1.807, 2.05) is 25.5 Å². The van der Waals surface area contributed by atoms with Crippen molar-refractivity contribution in [3.63, 3.8) is 0 Å². The van der Waals surface area contributed by atoms with Gasteiger partial charge in [0.25, 0.3) is 0 Å². The summed E-state index contributed by atoms with van der Waals surface area (Å²) in [6, 6.07) is 6.85. The van der Waals surface area contributed by atoms with Crippen molar-refractivity contribution in [1.82, 2.24) is 30.0 Å². The summed E-state index contributed by atoms with van der Waals surface area (Å²) < 4.78 is 8.13. The molecule has 0 saturated carbocycles. The summed E-state index contributed by atoms with van der Waals surface area (Å²) >= 11 is 1.69. The van der Waals surface area contributed by atoms with E-state index in [1.165, 1.54) is 10.4 Å². The van der Waals surface area contributed by atoms with Gasteiger partial charge in [0.1, 0.15) is 12.1 Å². The van der Waals surface area contributed by atoms with Gasteiger partial charge in [0.2, 0.25) is 5.91 Å². The van der Waals surface area contributed by atoms with Crippen molar-refractivity contribution in [2.75, 3.05) is 26.2 Å². The van der Waals surface area contributed by atoms with E-state index in [9.17, 15) is 4.79 Å².